The number of nitrogen functional groups attached to an aromatic ring is 1. The number of nitrogens with one attached hydrogen (secondary N) is 2. The van der Waals surface area contributed by atoms with Gasteiger partial charge in [0.2, 0.25) is 0 Å². The van der Waals surface area contributed by atoms with E-state index in [-0.39, 0.29) is 10.5 Å². The zero-order chi connectivity index (χ0) is 13.9. The Bertz CT molecular complexity index is 568. The van der Waals surface area contributed by atoms with Crippen molar-refractivity contribution in [2.45, 2.75) is 9.48 Å². The largest absolute Gasteiger partial charge is 0.314 e. The zero-order valence-corrected chi connectivity index (χ0v) is 11.8. The Morgan fingerprint density at radius 2 is 2.26 bits per heavy atom. The Morgan fingerprint density at radius 3 is 2.89 bits per heavy atom. The van der Waals surface area contributed by atoms with Crippen LogP contribution in [0.3, 0.4) is 0 Å². The Labute approximate surface area is 116 Å². The van der Waals surface area contributed by atoms with Gasteiger partial charge in [-0.15, -0.1) is 11.8 Å². The number of nitrogens with two attached hydrogens (primary N) is 1. The molecule has 2 rings (SSSR count). The maximum absolute atomic E-state index is 12.4. The van der Waals surface area contributed by atoms with Gasteiger partial charge in [-0.05, 0) is 18.2 Å². The lowest BCUT2D eigenvalue weighted by Crippen LogP contribution is -2.37. The second kappa shape index (κ2) is 5.91. The van der Waals surface area contributed by atoms with Crippen molar-refractivity contribution in [1.29, 1.82) is 0 Å². The highest BCUT2D eigenvalue weighted by Crippen LogP contribution is 2.26. The van der Waals surface area contributed by atoms with Gasteiger partial charge in [-0.25, -0.2) is 14.3 Å². The second-order valence-corrected chi connectivity index (χ2v) is 7.79. The van der Waals surface area contributed by atoms with Gasteiger partial charge in [0.05, 0.1) is 4.90 Å². The summed E-state index contributed by atoms with van der Waals surface area (Å²) in [6.45, 7) is 1.23. The molecular weight excluding hydrogens is 286 g/mol. The molecule has 0 radical (unpaired) electrons. The van der Waals surface area contributed by atoms with E-state index in [1.54, 1.807) is 6.07 Å². The van der Waals surface area contributed by atoms with Gasteiger partial charge in [-0.1, -0.05) is 6.07 Å². The van der Waals surface area contributed by atoms with Crippen LogP contribution in [-0.4, -0.2) is 37.7 Å². The van der Waals surface area contributed by atoms with E-state index in [0.717, 1.165) is 12.3 Å². The molecule has 1 heterocycles. The summed E-state index contributed by atoms with van der Waals surface area (Å²) in [5.41, 5.74) is 2.22. The summed E-state index contributed by atoms with van der Waals surface area (Å²) >= 11 is 1.41. The number of rotatable bonds is 3. The molecule has 1 aromatic rings. The first kappa shape index (κ1) is 14.3. The Kier molecular flexibility index (Phi) is 4.46. The number of hydrazine groups is 1. The fraction of sp³-hybridized carbons (Fsp3) is 0.364. The highest BCUT2D eigenvalue weighted by molar-refractivity contribution is 8.13. The van der Waals surface area contributed by atoms with Crippen LogP contribution in [0.1, 0.15) is 10.4 Å². The summed E-state index contributed by atoms with van der Waals surface area (Å²) < 4.78 is 24.3. The van der Waals surface area contributed by atoms with Crippen LogP contribution in [0.4, 0.5) is 0 Å². The molecule has 104 valence electrons. The summed E-state index contributed by atoms with van der Waals surface area (Å²) in [6, 6.07) is 5.91. The Morgan fingerprint density at radius 1 is 1.47 bits per heavy atom. The van der Waals surface area contributed by atoms with Gasteiger partial charge in [0.25, 0.3) is 5.91 Å². The lowest BCUT2D eigenvalue weighted by Gasteiger charge is -2.22. The molecule has 0 spiro atoms. The van der Waals surface area contributed by atoms with Crippen molar-refractivity contribution in [2.75, 3.05) is 18.8 Å². The smallest absolute Gasteiger partial charge is 0.265 e. The van der Waals surface area contributed by atoms with E-state index >= 15 is 0 Å². The molecule has 1 aromatic carbocycles. The highest BCUT2D eigenvalue weighted by Gasteiger charge is 2.29. The molecule has 0 saturated carbocycles. The van der Waals surface area contributed by atoms with Gasteiger partial charge in [0, 0.05) is 24.4 Å². The van der Waals surface area contributed by atoms with Crippen LogP contribution in [0.25, 0.3) is 0 Å². The molecular formula is C11H15N3O3S2. The first-order chi connectivity index (χ1) is 9.05. The molecule has 1 unspecified atom stereocenters. The molecule has 8 heteroatoms. The lowest BCUT2D eigenvalue weighted by atomic mass is 10.2. The fourth-order valence-electron chi connectivity index (χ4n) is 1.79. The maximum Gasteiger partial charge on any atom is 0.265 e. The van der Waals surface area contributed by atoms with Crippen LogP contribution >= 0.6 is 11.8 Å². The van der Waals surface area contributed by atoms with Crippen LogP contribution < -0.4 is 16.6 Å². The molecule has 1 amide bonds. The third kappa shape index (κ3) is 3.08. The average molecular weight is 301 g/mol. The van der Waals surface area contributed by atoms with Crippen molar-refractivity contribution < 1.29 is 13.2 Å². The first-order valence-corrected chi connectivity index (χ1v) is 8.32. The van der Waals surface area contributed by atoms with E-state index in [2.05, 4.69) is 5.32 Å². The van der Waals surface area contributed by atoms with Crippen molar-refractivity contribution in [1.82, 2.24) is 10.7 Å². The molecule has 1 saturated heterocycles. The summed E-state index contributed by atoms with van der Waals surface area (Å²) in [6.07, 6.45) is 0. The van der Waals surface area contributed by atoms with Crippen LogP contribution in [0.2, 0.25) is 0 Å². The predicted molar refractivity (Wildman–Crippen MR) is 74.4 cm³/mol. The van der Waals surface area contributed by atoms with Crippen LogP contribution in [0.15, 0.2) is 29.2 Å². The molecule has 1 aliphatic rings. The lowest BCUT2D eigenvalue weighted by molar-refractivity contribution is 0.0953. The summed E-state index contributed by atoms with van der Waals surface area (Å²) in [7, 11) is -3.45. The van der Waals surface area contributed by atoms with Crippen LogP contribution in [0.5, 0.6) is 0 Å². The van der Waals surface area contributed by atoms with Gasteiger partial charge in [-0.3, -0.25) is 10.2 Å². The Balaban J connectivity index is 2.32. The number of carbonyl (C=O) groups excluding carboxylic acids is 1. The van der Waals surface area contributed by atoms with E-state index in [9.17, 15) is 13.2 Å². The molecule has 1 aliphatic heterocycles. The quantitative estimate of drug-likeness (QED) is 0.403. The van der Waals surface area contributed by atoms with Crippen molar-refractivity contribution in [3.63, 3.8) is 0 Å². The molecule has 0 aliphatic carbocycles. The predicted octanol–water partition coefficient (Wildman–Crippen LogP) is -0.274. The summed E-state index contributed by atoms with van der Waals surface area (Å²) in [4.78, 5) is 11.6. The standard InChI is InChI=1S/C11H15N3O3S2/c12-14-11(15)8-2-1-3-9(6-8)19(16,17)10-7-13-4-5-18-10/h1-3,6,10,13H,4-5,7,12H2,(H,14,15). The van der Waals surface area contributed by atoms with Gasteiger partial charge < -0.3 is 5.32 Å². The molecule has 0 bridgehead atoms. The van der Waals surface area contributed by atoms with Crippen molar-refractivity contribution in [3.8, 4) is 0 Å². The van der Waals surface area contributed by atoms with E-state index in [4.69, 9.17) is 5.84 Å². The minimum absolute atomic E-state index is 0.148. The van der Waals surface area contributed by atoms with E-state index in [0.29, 0.717) is 6.54 Å². The number of thioether (sulfide) groups is 1. The Hall–Kier alpha value is -1.09. The maximum atomic E-state index is 12.4. The number of carbonyl (C=O) groups is 1. The normalized spacial score (nSPS) is 19.9. The van der Waals surface area contributed by atoms with E-state index in [1.807, 2.05) is 5.43 Å². The fourth-order valence-corrected chi connectivity index (χ4v) is 5.09. The third-order valence-electron chi connectivity index (χ3n) is 2.80. The number of sulfone groups is 1. The van der Waals surface area contributed by atoms with Crippen molar-refractivity contribution >= 4 is 27.5 Å². The average Bonchev–Trinajstić information content (AvgIpc) is 2.47. The van der Waals surface area contributed by atoms with Gasteiger partial charge >= 0.3 is 0 Å². The monoisotopic (exact) mass is 301 g/mol. The topological polar surface area (TPSA) is 101 Å². The van der Waals surface area contributed by atoms with Crippen LogP contribution in [-0.2, 0) is 9.84 Å². The van der Waals surface area contributed by atoms with Gasteiger partial charge in [0.1, 0.15) is 4.58 Å². The SMILES string of the molecule is NNC(=O)c1cccc(S(=O)(=O)C2CNCCS2)c1. The summed E-state index contributed by atoms with van der Waals surface area (Å²) in [5.74, 6) is 5.29. The first-order valence-electron chi connectivity index (χ1n) is 5.73. The van der Waals surface area contributed by atoms with Crippen molar-refractivity contribution in [3.05, 3.63) is 29.8 Å². The number of hydrogen-bond acceptors (Lipinski definition) is 6. The molecule has 19 heavy (non-hydrogen) atoms. The molecule has 1 atom stereocenters. The molecule has 0 aromatic heterocycles. The van der Waals surface area contributed by atoms with Gasteiger partial charge in [0.15, 0.2) is 9.84 Å². The zero-order valence-electron chi connectivity index (χ0n) is 10.1. The molecule has 1 fully saturated rings. The second-order valence-electron chi connectivity index (χ2n) is 4.05. The molecule has 4 N–H and O–H groups in total. The number of hydrogen-bond donors (Lipinski definition) is 3. The van der Waals surface area contributed by atoms with Crippen LogP contribution in [0, 0.1) is 0 Å². The highest BCUT2D eigenvalue weighted by atomic mass is 32.3. The number of benzene rings is 1. The van der Waals surface area contributed by atoms with E-state index < -0.39 is 20.3 Å². The summed E-state index contributed by atoms with van der Waals surface area (Å²) in [5, 5.41) is 3.06. The molecule has 6 nitrogen and oxygen atoms in total. The van der Waals surface area contributed by atoms with E-state index in [1.165, 1.54) is 30.0 Å². The minimum atomic E-state index is -3.45. The van der Waals surface area contributed by atoms with Gasteiger partial charge in [-0.2, -0.15) is 0 Å². The number of amides is 1. The third-order valence-corrected chi connectivity index (χ3v) is 6.71. The van der Waals surface area contributed by atoms with Crippen molar-refractivity contribution in [2.24, 2.45) is 5.84 Å². The minimum Gasteiger partial charge on any atom is -0.314 e.